The van der Waals surface area contributed by atoms with Crippen LogP contribution in [0.3, 0.4) is 0 Å². The first-order valence-corrected chi connectivity index (χ1v) is 10.8. The van der Waals surface area contributed by atoms with Crippen LogP contribution >= 0.6 is 0 Å². The van der Waals surface area contributed by atoms with Gasteiger partial charge in [0.2, 0.25) is 5.91 Å². The predicted molar refractivity (Wildman–Crippen MR) is 115 cm³/mol. The van der Waals surface area contributed by atoms with Gasteiger partial charge in [-0.15, -0.1) is 0 Å². The zero-order chi connectivity index (χ0) is 22.0. The molecule has 1 aliphatic carbocycles. The van der Waals surface area contributed by atoms with Crippen molar-refractivity contribution >= 4 is 11.7 Å². The van der Waals surface area contributed by atoms with Crippen molar-refractivity contribution in [1.82, 2.24) is 5.32 Å². The normalized spacial score (nSPS) is 23.2. The highest BCUT2D eigenvalue weighted by atomic mass is 19.1. The number of amides is 1. The molecule has 1 amide bonds. The van der Waals surface area contributed by atoms with E-state index in [1.807, 2.05) is 0 Å². The van der Waals surface area contributed by atoms with E-state index in [2.05, 4.69) is 11.4 Å². The highest BCUT2D eigenvalue weighted by Crippen LogP contribution is 2.38. The third-order valence-corrected chi connectivity index (χ3v) is 6.84. The van der Waals surface area contributed by atoms with E-state index in [1.54, 1.807) is 36.4 Å². The first-order valence-electron chi connectivity index (χ1n) is 10.8. The fraction of sp³-hybridized carbons (Fsp3) is 0.400. The van der Waals surface area contributed by atoms with Gasteiger partial charge in [0.05, 0.1) is 17.5 Å². The van der Waals surface area contributed by atoms with E-state index < -0.39 is 23.2 Å². The lowest BCUT2D eigenvalue weighted by molar-refractivity contribution is -0.129. The molecule has 0 spiro atoms. The van der Waals surface area contributed by atoms with Crippen molar-refractivity contribution in [2.24, 2.45) is 17.6 Å². The number of carbonyl (C=O) groups excluding carboxylic acids is 2. The Bertz CT molecular complexity index is 1040. The number of nitrogens with one attached hydrogen (secondary N) is 1. The van der Waals surface area contributed by atoms with Gasteiger partial charge in [0, 0.05) is 12.0 Å². The van der Waals surface area contributed by atoms with E-state index in [9.17, 15) is 19.2 Å². The highest BCUT2D eigenvalue weighted by Gasteiger charge is 2.45. The average molecular weight is 420 g/mol. The summed E-state index contributed by atoms with van der Waals surface area (Å²) in [5.74, 6) is -0.790. The lowest BCUT2D eigenvalue weighted by Crippen LogP contribution is -2.60. The van der Waals surface area contributed by atoms with Gasteiger partial charge in [-0.25, -0.2) is 4.39 Å². The monoisotopic (exact) mass is 419 g/mol. The van der Waals surface area contributed by atoms with Crippen molar-refractivity contribution in [1.29, 1.82) is 5.26 Å². The molecule has 3 fully saturated rings. The summed E-state index contributed by atoms with van der Waals surface area (Å²) < 4.78 is 14.8. The summed E-state index contributed by atoms with van der Waals surface area (Å²) in [6.45, 7) is 0.871. The molecule has 3 N–H and O–H groups in total. The van der Waals surface area contributed by atoms with Gasteiger partial charge in [-0.2, -0.15) is 5.26 Å². The van der Waals surface area contributed by atoms with E-state index >= 15 is 0 Å². The van der Waals surface area contributed by atoms with Gasteiger partial charge in [0.25, 0.3) is 0 Å². The smallest absolute Gasteiger partial charge is 0.248 e. The summed E-state index contributed by atoms with van der Waals surface area (Å²) in [4.78, 5) is 24.4. The summed E-state index contributed by atoms with van der Waals surface area (Å²) in [7, 11) is 0. The van der Waals surface area contributed by atoms with Crippen LogP contribution < -0.4 is 11.1 Å². The standard InChI is InChI=1S/C25H26FN3O2/c26-22-13-19(18-2-1-3-21(12-18)24(28)31)4-5-20(22)10-17(14-27)11-23(30)25-8-6-16(7-9-25)15-29-25/h1-5,12-13,16-17,29H,6-11,15H2,(H2,28,31)/t16?,17-,25?/m1/s1. The number of nitrogens with zero attached hydrogens (tertiary/aromatic N) is 1. The molecule has 160 valence electrons. The minimum atomic E-state index is -0.568. The van der Waals surface area contributed by atoms with Crippen LogP contribution in [0, 0.1) is 29.0 Å². The minimum Gasteiger partial charge on any atom is -0.366 e. The maximum absolute atomic E-state index is 14.8. The fourth-order valence-electron chi connectivity index (χ4n) is 4.86. The van der Waals surface area contributed by atoms with Crippen molar-refractivity contribution in [3.05, 3.63) is 59.4 Å². The molecule has 0 radical (unpaired) electrons. The maximum atomic E-state index is 14.8. The Morgan fingerprint density at radius 3 is 2.55 bits per heavy atom. The third-order valence-electron chi connectivity index (χ3n) is 6.84. The van der Waals surface area contributed by atoms with Gasteiger partial charge in [-0.05, 0) is 79.5 Å². The van der Waals surface area contributed by atoms with Crippen molar-refractivity contribution in [2.45, 2.75) is 44.1 Å². The number of hydrogen-bond donors (Lipinski definition) is 2. The Kier molecular flexibility index (Phi) is 5.88. The molecule has 6 heteroatoms. The summed E-state index contributed by atoms with van der Waals surface area (Å²) >= 11 is 0. The molecule has 1 atom stereocenters. The van der Waals surface area contributed by atoms with Crippen LogP contribution in [0.1, 0.15) is 48.0 Å². The molecule has 2 aromatic carbocycles. The van der Waals surface area contributed by atoms with Gasteiger partial charge >= 0.3 is 0 Å². The van der Waals surface area contributed by atoms with Crippen LogP contribution in [0.15, 0.2) is 42.5 Å². The van der Waals surface area contributed by atoms with Crippen molar-refractivity contribution < 1.29 is 14.0 Å². The Morgan fingerprint density at radius 2 is 1.94 bits per heavy atom. The first-order chi connectivity index (χ1) is 14.9. The van der Waals surface area contributed by atoms with Crippen molar-refractivity contribution in [2.75, 3.05) is 6.54 Å². The molecule has 3 aliphatic rings. The second-order valence-electron chi connectivity index (χ2n) is 8.82. The fourth-order valence-corrected chi connectivity index (χ4v) is 4.86. The number of rotatable bonds is 7. The van der Waals surface area contributed by atoms with Gasteiger partial charge in [-0.1, -0.05) is 24.3 Å². The molecule has 0 unspecified atom stereocenters. The second kappa shape index (κ2) is 8.60. The number of benzene rings is 2. The van der Waals surface area contributed by atoms with Gasteiger partial charge in [-0.3, -0.25) is 9.59 Å². The maximum Gasteiger partial charge on any atom is 0.248 e. The van der Waals surface area contributed by atoms with Crippen LogP contribution in [0.2, 0.25) is 0 Å². The van der Waals surface area contributed by atoms with E-state index in [1.165, 1.54) is 6.07 Å². The van der Waals surface area contributed by atoms with Crippen LogP contribution in [0.4, 0.5) is 4.39 Å². The third kappa shape index (κ3) is 4.38. The largest absolute Gasteiger partial charge is 0.366 e. The van der Waals surface area contributed by atoms with Gasteiger partial charge in [0.1, 0.15) is 5.82 Å². The molecule has 0 aromatic heterocycles. The SMILES string of the molecule is N#C[C@@H](CC(=O)C12CCC(CC1)CN2)Cc1ccc(-c2cccc(C(N)=O)c2)cc1F. The molecular formula is C25H26FN3O2. The number of hydrogen-bond acceptors (Lipinski definition) is 4. The van der Waals surface area contributed by atoms with E-state index in [0.29, 0.717) is 28.2 Å². The Labute approximate surface area is 181 Å². The number of carbonyl (C=O) groups is 2. The Balaban J connectivity index is 1.47. The summed E-state index contributed by atoms with van der Waals surface area (Å²) in [5.41, 5.74) is 6.91. The Morgan fingerprint density at radius 1 is 1.19 bits per heavy atom. The molecule has 31 heavy (non-hydrogen) atoms. The van der Waals surface area contributed by atoms with Crippen molar-refractivity contribution in [3.8, 4) is 17.2 Å². The van der Waals surface area contributed by atoms with E-state index in [0.717, 1.165) is 32.2 Å². The Hall–Kier alpha value is -3.04. The van der Waals surface area contributed by atoms with Gasteiger partial charge < -0.3 is 11.1 Å². The molecule has 2 bridgehead atoms. The number of primary amides is 1. The average Bonchev–Trinajstić information content (AvgIpc) is 2.81. The van der Waals surface area contributed by atoms with Gasteiger partial charge in [0.15, 0.2) is 5.78 Å². The van der Waals surface area contributed by atoms with Crippen LogP contribution in [-0.4, -0.2) is 23.8 Å². The first kappa shape index (κ1) is 21.2. The summed E-state index contributed by atoms with van der Waals surface area (Å²) in [6, 6.07) is 13.7. The number of nitrogens with two attached hydrogens (primary N) is 1. The molecule has 2 saturated heterocycles. The number of piperidine rings is 2. The number of halogens is 1. The topological polar surface area (TPSA) is 96.0 Å². The van der Waals surface area contributed by atoms with E-state index in [4.69, 9.17) is 5.73 Å². The number of ketones is 1. The molecule has 5 nitrogen and oxygen atoms in total. The molecule has 2 aliphatic heterocycles. The molecule has 1 saturated carbocycles. The van der Waals surface area contributed by atoms with Crippen LogP contribution in [0.5, 0.6) is 0 Å². The van der Waals surface area contributed by atoms with E-state index in [-0.39, 0.29) is 18.6 Å². The number of Topliss-reactive ketones (excluding diaryl/α,β-unsaturated/α-hetero) is 1. The lowest BCUT2D eigenvalue weighted by Gasteiger charge is -2.46. The minimum absolute atomic E-state index is 0.0810. The van der Waals surface area contributed by atoms with Crippen LogP contribution in [0.25, 0.3) is 11.1 Å². The molecule has 5 rings (SSSR count). The quantitative estimate of drug-likeness (QED) is 0.714. The zero-order valence-electron chi connectivity index (χ0n) is 17.4. The predicted octanol–water partition coefficient (Wildman–Crippen LogP) is 3.77. The highest BCUT2D eigenvalue weighted by molar-refractivity contribution is 5.94. The number of nitriles is 1. The molecule has 2 heterocycles. The summed E-state index contributed by atoms with van der Waals surface area (Å²) in [6.07, 6.45) is 4.11. The molecular weight excluding hydrogens is 393 g/mol. The molecule has 2 aromatic rings. The van der Waals surface area contributed by atoms with Crippen LogP contribution in [-0.2, 0) is 11.2 Å². The zero-order valence-corrected chi connectivity index (χ0v) is 17.4. The lowest BCUT2D eigenvalue weighted by atomic mass is 9.68. The second-order valence-corrected chi connectivity index (χ2v) is 8.82. The summed E-state index contributed by atoms with van der Waals surface area (Å²) in [5, 5.41) is 13.0. The number of fused-ring (bicyclic) bond motifs is 3. The van der Waals surface area contributed by atoms with Crippen molar-refractivity contribution in [3.63, 3.8) is 0 Å².